The van der Waals surface area contributed by atoms with Crippen molar-refractivity contribution in [1.82, 2.24) is 5.32 Å². The van der Waals surface area contributed by atoms with E-state index < -0.39 is 0 Å². The monoisotopic (exact) mass is 291 g/mol. The molecule has 0 aromatic heterocycles. The minimum absolute atomic E-state index is 0.0119. The Labute approximate surface area is 127 Å². The van der Waals surface area contributed by atoms with Gasteiger partial charge in [-0.1, -0.05) is 6.42 Å². The second-order valence-electron chi connectivity index (χ2n) is 8.59. The van der Waals surface area contributed by atoms with Crippen LogP contribution in [0.1, 0.15) is 64.2 Å². The number of aliphatic hydroxyl groups excluding tert-OH is 1. The Morgan fingerprint density at radius 3 is 2.19 bits per heavy atom. The van der Waals surface area contributed by atoms with E-state index in [9.17, 15) is 9.90 Å². The number of hydrogen-bond acceptors (Lipinski definition) is 2. The highest BCUT2D eigenvalue weighted by Crippen LogP contribution is 2.60. The molecular weight excluding hydrogens is 262 g/mol. The van der Waals surface area contributed by atoms with Crippen LogP contribution in [0.5, 0.6) is 0 Å². The maximum atomic E-state index is 12.8. The van der Waals surface area contributed by atoms with Crippen LogP contribution < -0.4 is 5.32 Å². The second kappa shape index (κ2) is 5.26. The first-order chi connectivity index (χ1) is 10.1. The Morgan fingerprint density at radius 1 is 1.00 bits per heavy atom. The highest BCUT2D eigenvalue weighted by atomic mass is 16.3. The summed E-state index contributed by atoms with van der Waals surface area (Å²) in [6, 6.07) is 0. The van der Waals surface area contributed by atoms with Gasteiger partial charge in [-0.25, -0.2) is 0 Å². The molecule has 5 rings (SSSR count). The molecule has 0 saturated heterocycles. The molecule has 0 radical (unpaired) electrons. The number of rotatable bonds is 3. The maximum absolute atomic E-state index is 12.8. The van der Waals surface area contributed by atoms with Crippen molar-refractivity contribution < 1.29 is 9.90 Å². The van der Waals surface area contributed by atoms with E-state index in [1.165, 1.54) is 19.3 Å². The van der Waals surface area contributed by atoms with Gasteiger partial charge in [0.2, 0.25) is 5.91 Å². The molecule has 5 aliphatic carbocycles. The molecule has 21 heavy (non-hydrogen) atoms. The molecule has 3 nitrogen and oxygen atoms in total. The zero-order valence-electron chi connectivity index (χ0n) is 13.0. The molecule has 2 N–H and O–H groups in total. The van der Waals surface area contributed by atoms with Crippen molar-refractivity contribution in [3.63, 3.8) is 0 Å². The molecule has 4 bridgehead atoms. The first-order valence-corrected chi connectivity index (χ1v) is 9.09. The second-order valence-corrected chi connectivity index (χ2v) is 8.59. The molecule has 1 amide bonds. The Morgan fingerprint density at radius 2 is 1.62 bits per heavy atom. The predicted molar refractivity (Wildman–Crippen MR) is 81.6 cm³/mol. The van der Waals surface area contributed by atoms with Crippen LogP contribution in [0.4, 0.5) is 0 Å². The van der Waals surface area contributed by atoms with Crippen molar-refractivity contribution in [2.24, 2.45) is 29.1 Å². The molecule has 0 aromatic carbocycles. The van der Waals surface area contributed by atoms with Crippen molar-refractivity contribution in [1.29, 1.82) is 0 Å². The summed E-state index contributed by atoms with van der Waals surface area (Å²) in [6.45, 7) is 0.789. The van der Waals surface area contributed by atoms with E-state index in [1.807, 2.05) is 0 Å². The van der Waals surface area contributed by atoms with E-state index in [2.05, 4.69) is 5.32 Å². The zero-order chi connectivity index (χ0) is 14.4. The van der Waals surface area contributed by atoms with Gasteiger partial charge in [0, 0.05) is 12.0 Å². The summed E-state index contributed by atoms with van der Waals surface area (Å²) < 4.78 is 0. The predicted octanol–water partition coefficient (Wildman–Crippen LogP) is 2.87. The minimum atomic E-state index is -0.139. The molecule has 0 aromatic rings. The molecule has 2 atom stereocenters. The summed E-state index contributed by atoms with van der Waals surface area (Å²) in [5.74, 6) is 3.34. The fraction of sp³-hybridized carbons (Fsp3) is 0.944. The Kier molecular flexibility index (Phi) is 3.52. The van der Waals surface area contributed by atoms with Gasteiger partial charge in [0.25, 0.3) is 0 Å². The average Bonchev–Trinajstić information content (AvgIpc) is 2.43. The smallest absolute Gasteiger partial charge is 0.226 e. The van der Waals surface area contributed by atoms with Crippen LogP contribution in [-0.4, -0.2) is 23.7 Å². The number of hydrogen-bond donors (Lipinski definition) is 2. The minimum Gasteiger partial charge on any atom is -0.393 e. The van der Waals surface area contributed by atoms with Gasteiger partial charge >= 0.3 is 0 Å². The molecule has 0 heterocycles. The number of carbonyl (C=O) groups is 1. The highest BCUT2D eigenvalue weighted by Gasteiger charge is 2.54. The van der Waals surface area contributed by atoms with Crippen molar-refractivity contribution in [2.75, 3.05) is 6.54 Å². The highest BCUT2D eigenvalue weighted by molar-refractivity contribution is 5.83. The number of carbonyl (C=O) groups excluding carboxylic acids is 1. The molecule has 5 fully saturated rings. The van der Waals surface area contributed by atoms with E-state index in [4.69, 9.17) is 0 Å². The molecular formula is C18H29NO2. The van der Waals surface area contributed by atoms with Crippen LogP contribution in [0, 0.1) is 29.1 Å². The number of aliphatic hydroxyl groups is 1. The average molecular weight is 291 g/mol. The van der Waals surface area contributed by atoms with Crippen LogP contribution in [0.15, 0.2) is 0 Å². The summed E-state index contributed by atoms with van der Waals surface area (Å²) in [5.41, 5.74) is -0.0119. The lowest BCUT2D eigenvalue weighted by Gasteiger charge is -2.55. The lowest BCUT2D eigenvalue weighted by Crippen LogP contribution is -2.54. The summed E-state index contributed by atoms with van der Waals surface area (Å²) in [6.07, 6.45) is 11.6. The topological polar surface area (TPSA) is 49.3 Å². The zero-order valence-corrected chi connectivity index (χ0v) is 13.0. The quantitative estimate of drug-likeness (QED) is 0.840. The lowest BCUT2D eigenvalue weighted by atomic mass is 9.49. The van der Waals surface area contributed by atoms with Gasteiger partial charge in [0.05, 0.1) is 6.10 Å². The fourth-order valence-corrected chi connectivity index (χ4v) is 6.26. The third-order valence-corrected chi connectivity index (χ3v) is 6.83. The van der Waals surface area contributed by atoms with Gasteiger partial charge in [-0.15, -0.1) is 0 Å². The normalized spacial score (nSPS) is 48.3. The van der Waals surface area contributed by atoms with Crippen LogP contribution in [0.25, 0.3) is 0 Å². The van der Waals surface area contributed by atoms with E-state index in [0.717, 1.165) is 69.2 Å². The molecule has 2 unspecified atom stereocenters. The SMILES string of the molecule is O=C(NCC1CCCC(O)C1)C12CC3CC(CC(C3)C1)C2. The maximum Gasteiger partial charge on any atom is 0.226 e. The molecule has 0 spiro atoms. The number of amides is 1. The van der Waals surface area contributed by atoms with E-state index in [0.29, 0.717) is 11.8 Å². The number of nitrogens with one attached hydrogen (secondary N) is 1. The van der Waals surface area contributed by atoms with E-state index in [-0.39, 0.29) is 11.5 Å². The molecule has 5 aliphatic rings. The summed E-state index contributed by atoms with van der Waals surface area (Å²) in [7, 11) is 0. The van der Waals surface area contributed by atoms with Gasteiger partial charge < -0.3 is 10.4 Å². The Balaban J connectivity index is 1.36. The lowest BCUT2D eigenvalue weighted by molar-refractivity contribution is -0.146. The van der Waals surface area contributed by atoms with Crippen LogP contribution in [0.3, 0.4) is 0 Å². The Bertz CT molecular complexity index is 384. The van der Waals surface area contributed by atoms with Gasteiger partial charge in [0.15, 0.2) is 0 Å². The molecule has 3 heteroatoms. The third-order valence-electron chi connectivity index (χ3n) is 6.83. The first-order valence-electron chi connectivity index (χ1n) is 9.09. The van der Waals surface area contributed by atoms with Crippen molar-refractivity contribution >= 4 is 5.91 Å². The van der Waals surface area contributed by atoms with Crippen molar-refractivity contribution in [3.05, 3.63) is 0 Å². The summed E-state index contributed by atoms with van der Waals surface area (Å²) >= 11 is 0. The standard InChI is InChI=1S/C18H29NO2/c20-16-3-1-2-12(7-16)11-19-17(21)18-8-13-4-14(9-18)6-15(5-13)10-18/h12-16,20H,1-11H2,(H,19,21). The largest absolute Gasteiger partial charge is 0.393 e. The third kappa shape index (κ3) is 2.62. The molecule has 0 aliphatic heterocycles. The Hall–Kier alpha value is -0.570. The van der Waals surface area contributed by atoms with Crippen LogP contribution in [0.2, 0.25) is 0 Å². The van der Waals surface area contributed by atoms with Crippen LogP contribution in [-0.2, 0) is 4.79 Å². The van der Waals surface area contributed by atoms with E-state index >= 15 is 0 Å². The van der Waals surface area contributed by atoms with Gasteiger partial charge in [-0.3, -0.25) is 4.79 Å². The summed E-state index contributed by atoms with van der Waals surface area (Å²) in [5, 5.41) is 13.0. The first kappa shape index (κ1) is 14.0. The molecule has 5 saturated carbocycles. The van der Waals surface area contributed by atoms with Gasteiger partial charge in [0.1, 0.15) is 0 Å². The van der Waals surface area contributed by atoms with Crippen molar-refractivity contribution in [2.45, 2.75) is 70.3 Å². The van der Waals surface area contributed by atoms with Crippen molar-refractivity contribution in [3.8, 4) is 0 Å². The van der Waals surface area contributed by atoms with Gasteiger partial charge in [-0.05, 0) is 81.5 Å². The molecule has 118 valence electrons. The van der Waals surface area contributed by atoms with Crippen LogP contribution >= 0.6 is 0 Å². The fourth-order valence-electron chi connectivity index (χ4n) is 6.26. The van der Waals surface area contributed by atoms with E-state index in [1.54, 1.807) is 0 Å². The summed E-state index contributed by atoms with van der Waals surface area (Å²) in [4.78, 5) is 12.8. The van der Waals surface area contributed by atoms with Gasteiger partial charge in [-0.2, -0.15) is 0 Å².